The number of ether oxygens (including phenoxy) is 2. The van der Waals surface area contributed by atoms with Crippen molar-refractivity contribution < 1.29 is 14.3 Å². The Kier molecular flexibility index (Phi) is 2.31. The lowest BCUT2D eigenvalue weighted by Crippen LogP contribution is -2.56. The normalized spacial score (nSPS) is 43.0. The van der Waals surface area contributed by atoms with E-state index in [4.69, 9.17) is 9.47 Å². The number of hydrogen-bond donors (Lipinski definition) is 0. The number of epoxide rings is 1. The van der Waals surface area contributed by atoms with Crippen LogP contribution in [0.2, 0.25) is 0 Å². The maximum Gasteiger partial charge on any atom is 0.410 e. The van der Waals surface area contributed by atoms with E-state index in [2.05, 4.69) is 4.90 Å². The van der Waals surface area contributed by atoms with Crippen molar-refractivity contribution >= 4 is 6.09 Å². The fraction of sp³-hybridized carbons (Fsp3) is 0.933. The maximum atomic E-state index is 12.4. The van der Waals surface area contributed by atoms with Gasteiger partial charge in [0.25, 0.3) is 0 Å². The molecule has 0 aromatic rings. The Labute approximate surface area is 114 Å². The van der Waals surface area contributed by atoms with Crippen LogP contribution in [0.15, 0.2) is 0 Å². The molecule has 3 saturated carbocycles. The molecule has 0 aromatic carbocycles. The summed E-state index contributed by atoms with van der Waals surface area (Å²) < 4.78 is 11.2. The lowest BCUT2D eigenvalue weighted by atomic mass is 9.70. The van der Waals surface area contributed by atoms with Gasteiger partial charge in [-0.2, -0.15) is 0 Å². The largest absolute Gasteiger partial charge is 0.444 e. The number of carbonyl (C=O) groups excluding carboxylic acids is 1. The fourth-order valence-corrected chi connectivity index (χ4v) is 3.96. The molecule has 19 heavy (non-hydrogen) atoms. The van der Waals surface area contributed by atoms with Gasteiger partial charge >= 0.3 is 6.09 Å². The molecule has 4 fully saturated rings. The van der Waals surface area contributed by atoms with Gasteiger partial charge in [-0.25, -0.2) is 4.79 Å². The van der Waals surface area contributed by atoms with E-state index in [-0.39, 0.29) is 6.09 Å². The highest BCUT2D eigenvalue weighted by atomic mass is 16.6. The molecule has 0 aromatic heterocycles. The molecule has 4 aliphatic rings. The van der Waals surface area contributed by atoms with Crippen LogP contribution in [0.1, 0.15) is 46.5 Å². The van der Waals surface area contributed by atoms with E-state index in [0.717, 1.165) is 31.6 Å². The Balaban J connectivity index is 1.45. The second-order valence-corrected chi connectivity index (χ2v) is 7.62. The number of rotatable bonds is 2. The Morgan fingerprint density at radius 3 is 2.53 bits per heavy atom. The molecule has 4 nitrogen and oxygen atoms in total. The highest BCUT2D eigenvalue weighted by molar-refractivity contribution is 5.69. The van der Waals surface area contributed by atoms with Gasteiger partial charge in [-0.3, -0.25) is 0 Å². The van der Waals surface area contributed by atoms with E-state index in [1.807, 2.05) is 20.8 Å². The predicted octanol–water partition coefficient (Wildman–Crippen LogP) is 2.56. The zero-order chi connectivity index (χ0) is 13.4. The molecular weight excluding hydrogens is 242 g/mol. The van der Waals surface area contributed by atoms with Gasteiger partial charge in [0.2, 0.25) is 0 Å². The van der Waals surface area contributed by atoms with E-state index in [0.29, 0.717) is 30.2 Å². The number of hydrogen-bond acceptors (Lipinski definition) is 3. The summed E-state index contributed by atoms with van der Waals surface area (Å²) in [7, 11) is 0. The van der Waals surface area contributed by atoms with Crippen LogP contribution in [0, 0.1) is 11.8 Å². The van der Waals surface area contributed by atoms with Crippen LogP contribution < -0.4 is 0 Å². The number of carbonyl (C=O) groups is 1. The molecule has 0 radical (unpaired) electrons. The van der Waals surface area contributed by atoms with Crippen molar-refractivity contribution in [2.24, 2.45) is 11.8 Å². The average Bonchev–Trinajstić information content (AvgIpc) is 3.13. The quantitative estimate of drug-likeness (QED) is 0.721. The minimum Gasteiger partial charge on any atom is -0.444 e. The van der Waals surface area contributed by atoms with Gasteiger partial charge in [-0.05, 0) is 58.3 Å². The molecule has 4 rings (SSSR count). The molecule has 0 N–H and O–H groups in total. The van der Waals surface area contributed by atoms with Gasteiger partial charge in [-0.1, -0.05) is 0 Å². The number of amides is 1. The second kappa shape index (κ2) is 3.66. The highest BCUT2D eigenvalue weighted by Crippen LogP contribution is 2.59. The molecule has 0 spiro atoms. The van der Waals surface area contributed by atoms with Crippen molar-refractivity contribution in [2.45, 2.75) is 76.3 Å². The summed E-state index contributed by atoms with van der Waals surface area (Å²) in [5.74, 6) is 1.40. The molecule has 4 heteroatoms. The molecule has 3 aliphatic carbocycles. The highest BCUT2D eigenvalue weighted by Gasteiger charge is 2.65. The van der Waals surface area contributed by atoms with Gasteiger partial charge in [0, 0.05) is 12.1 Å². The van der Waals surface area contributed by atoms with E-state index in [1.54, 1.807) is 0 Å². The molecular formula is C15H23NO3. The topological polar surface area (TPSA) is 42.1 Å². The van der Waals surface area contributed by atoms with Gasteiger partial charge in [0.15, 0.2) is 0 Å². The van der Waals surface area contributed by atoms with Gasteiger partial charge in [-0.15, -0.1) is 0 Å². The summed E-state index contributed by atoms with van der Waals surface area (Å²) in [6.45, 7) is 5.83. The molecule has 1 heterocycles. The monoisotopic (exact) mass is 265 g/mol. The van der Waals surface area contributed by atoms with Crippen molar-refractivity contribution in [3.63, 3.8) is 0 Å². The van der Waals surface area contributed by atoms with Gasteiger partial charge in [0.1, 0.15) is 5.60 Å². The van der Waals surface area contributed by atoms with Crippen molar-refractivity contribution in [3.05, 3.63) is 0 Å². The second-order valence-electron chi connectivity index (χ2n) is 7.62. The van der Waals surface area contributed by atoms with Crippen LogP contribution in [-0.4, -0.2) is 40.9 Å². The molecule has 0 bridgehead atoms. The third-order valence-corrected chi connectivity index (χ3v) is 5.01. The van der Waals surface area contributed by atoms with Crippen molar-refractivity contribution in [2.75, 3.05) is 0 Å². The van der Waals surface area contributed by atoms with Crippen LogP contribution in [0.25, 0.3) is 0 Å². The number of fused-ring (bicyclic) bond motifs is 3. The fourth-order valence-electron chi connectivity index (χ4n) is 3.96. The summed E-state index contributed by atoms with van der Waals surface area (Å²) in [6, 6.07) is 0.863. The van der Waals surface area contributed by atoms with Crippen LogP contribution in [0.4, 0.5) is 4.79 Å². The lowest BCUT2D eigenvalue weighted by molar-refractivity contribution is -0.0389. The van der Waals surface area contributed by atoms with E-state index in [9.17, 15) is 4.79 Å². The Bertz CT molecular complexity index is 412. The van der Waals surface area contributed by atoms with Gasteiger partial charge in [0.05, 0.1) is 12.2 Å². The Morgan fingerprint density at radius 2 is 1.95 bits per heavy atom. The maximum absolute atomic E-state index is 12.4. The van der Waals surface area contributed by atoms with Crippen molar-refractivity contribution in [1.29, 1.82) is 0 Å². The molecule has 1 saturated heterocycles. The van der Waals surface area contributed by atoms with Crippen LogP contribution in [0.3, 0.4) is 0 Å². The molecule has 106 valence electrons. The first-order chi connectivity index (χ1) is 8.94. The SMILES string of the molecule is CC(C)(C)OC(=O)N(C1CC1)[C@@H]1C[C@H]2[C@@H]1C[C@@H]1O[C@H]21. The summed E-state index contributed by atoms with van der Waals surface area (Å²) in [6.07, 6.45) is 5.53. The average molecular weight is 265 g/mol. The smallest absolute Gasteiger partial charge is 0.410 e. The van der Waals surface area contributed by atoms with E-state index >= 15 is 0 Å². The minimum absolute atomic E-state index is 0.0973. The standard InChI is InChI=1S/C15H23NO3/c1-15(2,3)19-14(17)16(8-4-5-8)11-6-10-9(11)7-12-13(10)18-12/h8-13H,4-7H2,1-3H3/t9-,10-,11+,12-,13+/m0/s1. The zero-order valence-electron chi connectivity index (χ0n) is 12.0. The van der Waals surface area contributed by atoms with Gasteiger partial charge < -0.3 is 14.4 Å². The lowest BCUT2D eigenvalue weighted by Gasteiger charge is -2.48. The third-order valence-electron chi connectivity index (χ3n) is 5.01. The third kappa shape index (κ3) is 1.95. The summed E-state index contributed by atoms with van der Waals surface area (Å²) in [5, 5.41) is 0. The number of nitrogens with zero attached hydrogens (tertiary/aromatic N) is 1. The molecule has 0 unspecified atom stereocenters. The summed E-state index contributed by atoms with van der Waals surface area (Å²) in [4.78, 5) is 14.5. The minimum atomic E-state index is -0.395. The van der Waals surface area contributed by atoms with Crippen LogP contribution in [0.5, 0.6) is 0 Å². The first kappa shape index (κ1) is 12.0. The first-order valence-corrected chi connectivity index (χ1v) is 7.61. The zero-order valence-corrected chi connectivity index (χ0v) is 12.0. The Morgan fingerprint density at radius 1 is 1.21 bits per heavy atom. The van der Waals surface area contributed by atoms with Crippen LogP contribution in [-0.2, 0) is 9.47 Å². The summed E-state index contributed by atoms with van der Waals surface area (Å²) >= 11 is 0. The summed E-state index contributed by atoms with van der Waals surface area (Å²) in [5.41, 5.74) is -0.395. The first-order valence-electron chi connectivity index (χ1n) is 7.61. The van der Waals surface area contributed by atoms with Crippen molar-refractivity contribution in [1.82, 2.24) is 4.90 Å². The molecule has 5 atom stereocenters. The predicted molar refractivity (Wildman–Crippen MR) is 69.8 cm³/mol. The molecule has 1 amide bonds. The van der Waals surface area contributed by atoms with Crippen LogP contribution >= 0.6 is 0 Å². The van der Waals surface area contributed by atoms with E-state index in [1.165, 1.54) is 0 Å². The Hall–Kier alpha value is -0.770. The van der Waals surface area contributed by atoms with Crippen molar-refractivity contribution in [3.8, 4) is 0 Å². The molecule has 1 aliphatic heterocycles. The van der Waals surface area contributed by atoms with E-state index < -0.39 is 5.60 Å².